The lowest BCUT2D eigenvalue weighted by atomic mass is 10.1. The van der Waals surface area contributed by atoms with Crippen molar-refractivity contribution >= 4 is 34.3 Å². The molecule has 2 aromatic rings. The third-order valence-corrected chi connectivity index (χ3v) is 3.40. The maximum absolute atomic E-state index is 11.9. The summed E-state index contributed by atoms with van der Waals surface area (Å²) in [7, 11) is 2.66. The van der Waals surface area contributed by atoms with Crippen LogP contribution in [-0.4, -0.2) is 25.9 Å². The molecular weight excluding hydrogens is 397 g/mol. The van der Waals surface area contributed by atoms with Crippen LogP contribution in [0.25, 0.3) is 0 Å². The molecule has 22 heavy (non-hydrogen) atoms. The van der Waals surface area contributed by atoms with Crippen LogP contribution >= 0.6 is 22.6 Å². The highest BCUT2D eigenvalue weighted by molar-refractivity contribution is 14.1. The van der Waals surface area contributed by atoms with Crippen LogP contribution in [-0.2, 0) is 14.4 Å². The molecule has 0 spiro atoms. The zero-order valence-electron chi connectivity index (χ0n) is 12.1. The molecule has 5 nitrogen and oxygen atoms in total. The Bertz CT molecular complexity index is 700. The number of para-hydroxylation sites is 1. The topological polar surface area (TPSA) is 57.1 Å². The first-order valence-corrected chi connectivity index (χ1v) is 7.46. The highest BCUT2D eigenvalue weighted by Gasteiger charge is 2.20. The largest absolute Gasteiger partial charge is 0.464 e. The number of benzene rings is 2. The molecule has 0 aliphatic rings. The van der Waals surface area contributed by atoms with E-state index in [-0.39, 0.29) is 5.71 Å². The minimum absolute atomic E-state index is 0.0474. The number of hydrogen-bond donors (Lipinski definition) is 0. The van der Waals surface area contributed by atoms with Crippen molar-refractivity contribution in [3.8, 4) is 11.5 Å². The number of ether oxygens (including phenoxy) is 2. The standard InChI is InChI=1S/C16H14INO4/c1-20-16(19)15(18-21-2)13-8-3-4-9-14(13)22-12-7-5-6-11(17)10-12/h3-10H,1-2H3/b18-15-. The van der Waals surface area contributed by atoms with E-state index in [2.05, 4.69) is 27.7 Å². The molecule has 0 aromatic heterocycles. The summed E-state index contributed by atoms with van der Waals surface area (Å²) in [5, 5.41) is 3.75. The second-order valence-electron chi connectivity index (χ2n) is 4.17. The molecule has 6 heteroatoms. The summed E-state index contributed by atoms with van der Waals surface area (Å²) in [6.07, 6.45) is 0. The van der Waals surface area contributed by atoms with E-state index in [1.165, 1.54) is 14.2 Å². The number of carbonyl (C=O) groups is 1. The van der Waals surface area contributed by atoms with Crippen LogP contribution in [0.1, 0.15) is 5.56 Å². The average molecular weight is 411 g/mol. The van der Waals surface area contributed by atoms with Gasteiger partial charge in [-0.05, 0) is 52.9 Å². The van der Waals surface area contributed by atoms with E-state index in [0.717, 1.165) is 3.57 Å². The molecule has 0 unspecified atom stereocenters. The van der Waals surface area contributed by atoms with Gasteiger partial charge in [-0.1, -0.05) is 23.4 Å². The minimum Gasteiger partial charge on any atom is -0.464 e. The summed E-state index contributed by atoms with van der Waals surface area (Å²) in [5.41, 5.74) is 0.543. The maximum Gasteiger partial charge on any atom is 0.360 e. The summed E-state index contributed by atoms with van der Waals surface area (Å²) in [6.45, 7) is 0. The van der Waals surface area contributed by atoms with E-state index < -0.39 is 5.97 Å². The summed E-state index contributed by atoms with van der Waals surface area (Å²) < 4.78 is 11.6. The lowest BCUT2D eigenvalue weighted by Gasteiger charge is -2.11. The Kier molecular flexibility index (Phi) is 5.76. The van der Waals surface area contributed by atoms with E-state index >= 15 is 0 Å². The van der Waals surface area contributed by atoms with Crippen LogP contribution in [0.5, 0.6) is 11.5 Å². The van der Waals surface area contributed by atoms with Gasteiger partial charge in [-0.2, -0.15) is 0 Å². The smallest absolute Gasteiger partial charge is 0.360 e. The molecule has 0 bridgehead atoms. The summed E-state index contributed by atoms with van der Waals surface area (Å²) in [5.74, 6) is 0.562. The van der Waals surface area contributed by atoms with E-state index in [9.17, 15) is 4.79 Å². The molecule has 0 radical (unpaired) electrons. The maximum atomic E-state index is 11.9. The molecular formula is C16H14INO4. The Hall–Kier alpha value is -2.09. The van der Waals surface area contributed by atoms with Gasteiger partial charge in [0.05, 0.1) is 12.7 Å². The molecule has 0 aliphatic carbocycles. The Balaban J connectivity index is 2.41. The van der Waals surface area contributed by atoms with Gasteiger partial charge in [0.25, 0.3) is 0 Å². The van der Waals surface area contributed by atoms with Crippen LogP contribution in [0.15, 0.2) is 53.7 Å². The summed E-state index contributed by atoms with van der Waals surface area (Å²) in [4.78, 5) is 16.6. The van der Waals surface area contributed by atoms with E-state index in [1.54, 1.807) is 18.2 Å². The number of hydrogen-bond acceptors (Lipinski definition) is 5. The minimum atomic E-state index is -0.597. The number of esters is 1. The van der Waals surface area contributed by atoms with Crippen molar-refractivity contribution in [3.63, 3.8) is 0 Å². The molecule has 2 aromatic carbocycles. The van der Waals surface area contributed by atoms with Crippen molar-refractivity contribution in [2.75, 3.05) is 14.2 Å². The second kappa shape index (κ2) is 7.79. The lowest BCUT2D eigenvalue weighted by Crippen LogP contribution is -2.18. The highest BCUT2D eigenvalue weighted by Crippen LogP contribution is 2.27. The van der Waals surface area contributed by atoms with Crippen LogP contribution in [0.4, 0.5) is 0 Å². The average Bonchev–Trinajstić information content (AvgIpc) is 2.53. The Morgan fingerprint density at radius 1 is 1.09 bits per heavy atom. The van der Waals surface area contributed by atoms with E-state index in [0.29, 0.717) is 17.1 Å². The summed E-state index contributed by atoms with van der Waals surface area (Å²) >= 11 is 2.20. The second-order valence-corrected chi connectivity index (χ2v) is 5.42. The van der Waals surface area contributed by atoms with Gasteiger partial charge in [0.2, 0.25) is 0 Å². The van der Waals surface area contributed by atoms with Crippen molar-refractivity contribution in [3.05, 3.63) is 57.7 Å². The van der Waals surface area contributed by atoms with Crippen LogP contribution in [0.2, 0.25) is 0 Å². The molecule has 0 fully saturated rings. The molecule has 0 heterocycles. The van der Waals surface area contributed by atoms with Crippen molar-refractivity contribution in [1.29, 1.82) is 0 Å². The number of carbonyl (C=O) groups excluding carboxylic acids is 1. The fourth-order valence-electron chi connectivity index (χ4n) is 1.79. The molecule has 0 saturated carbocycles. The molecule has 0 saturated heterocycles. The quantitative estimate of drug-likeness (QED) is 0.327. The van der Waals surface area contributed by atoms with E-state index in [4.69, 9.17) is 14.3 Å². The Labute approximate surface area is 142 Å². The molecule has 0 aliphatic heterocycles. The van der Waals surface area contributed by atoms with E-state index in [1.807, 2.05) is 30.3 Å². The van der Waals surface area contributed by atoms with Gasteiger partial charge < -0.3 is 14.3 Å². The van der Waals surface area contributed by atoms with Crippen LogP contribution < -0.4 is 4.74 Å². The Morgan fingerprint density at radius 2 is 1.86 bits per heavy atom. The number of halogens is 1. The van der Waals surface area contributed by atoms with Crippen molar-refractivity contribution in [1.82, 2.24) is 0 Å². The molecule has 114 valence electrons. The third kappa shape index (κ3) is 3.97. The van der Waals surface area contributed by atoms with Crippen molar-refractivity contribution in [2.45, 2.75) is 0 Å². The predicted molar refractivity (Wildman–Crippen MR) is 91.2 cm³/mol. The van der Waals surface area contributed by atoms with Gasteiger partial charge in [-0.15, -0.1) is 0 Å². The molecule has 0 atom stereocenters. The third-order valence-electron chi connectivity index (χ3n) is 2.73. The number of methoxy groups -OCH3 is 1. The summed E-state index contributed by atoms with van der Waals surface area (Å²) in [6, 6.07) is 14.7. The molecule has 2 rings (SSSR count). The van der Waals surface area contributed by atoms with Gasteiger partial charge in [0.1, 0.15) is 18.6 Å². The van der Waals surface area contributed by atoms with Gasteiger partial charge in [0.15, 0.2) is 5.71 Å². The Morgan fingerprint density at radius 3 is 2.55 bits per heavy atom. The van der Waals surface area contributed by atoms with Crippen molar-refractivity contribution in [2.24, 2.45) is 5.16 Å². The van der Waals surface area contributed by atoms with Gasteiger partial charge in [-0.3, -0.25) is 0 Å². The normalized spacial score (nSPS) is 11.0. The number of rotatable bonds is 5. The fourth-order valence-corrected chi connectivity index (χ4v) is 2.31. The number of nitrogens with zero attached hydrogens (tertiary/aromatic N) is 1. The molecule has 0 N–H and O–H groups in total. The van der Waals surface area contributed by atoms with Crippen molar-refractivity contribution < 1.29 is 19.1 Å². The highest BCUT2D eigenvalue weighted by atomic mass is 127. The first-order chi connectivity index (χ1) is 10.7. The van der Waals surface area contributed by atoms with Gasteiger partial charge >= 0.3 is 5.97 Å². The number of oxime groups is 1. The monoisotopic (exact) mass is 411 g/mol. The SMILES string of the molecule is CO/N=C(\C(=O)OC)c1ccccc1Oc1cccc(I)c1. The van der Waals surface area contributed by atoms with Gasteiger partial charge in [0, 0.05) is 3.57 Å². The zero-order valence-corrected chi connectivity index (χ0v) is 14.2. The zero-order chi connectivity index (χ0) is 15.9. The van der Waals surface area contributed by atoms with Gasteiger partial charge in [-0.25, -0.2) is 4.79 Å². The lowest BCUT2D eigenvalue weighted by molar-refractivity contribution is -0.132. The first-order valence-electron chi connectivity index (χ1n) is 6.38. The predicted octanol–water partition coefficient (Wildman–Crippen LogP) is 3.61. The molecule has 0 amide bonds. The van der Waals surface area contributed by atoms with Crippen LogP contribution in [0.3, 0.4) is 0 Å². The first kappa shape index (κ1) is 16.3. The van der Waals surface area contributed by atoms with Crippen LogP contribution in [0, 0.1) is 3.57 Å². The fraction of sp³-hybridized carbons (Fsp3) is 0.125.